The Kier molecular flexibility index (Phi) is 5.07. The first kappa shape index (κ1) is 16.1. The molecule has 1 atom stereocenters. The van der Waals surface area contributed by atoms with Crippen LogP contribution in [0.15, 0.2) is 11.0 Å². The second kappa shape index (κ2) is 6.63. The predicted molar refractivity (Wildman–Crippen MR) is 68.6 cm³/mol. The summed E-state index contributed by atoms with van der Waals surface area (Å²) in [5, 5.41) is 5.93. The molecule has 1 aromatic rings. The van der Waals surface area contributed by atoms with Crippen molar-refractivity contribution in [3.8, 4) is 0 Å². The minimum absolute atomic E-state index is 0.161. The van der Waals surface area contributed by atoms with Gasteiger partial charge in [-0.15, -0.1) is 0 Å². The fourth-order valence-corrected chi connectivity index (χ4v) is 1.96. The van der Waals surface area contributed by atoms with E-state index >= 15 is 0 Å². The molecule has 1 fully saturated rings. The molecule has 118 valence electrons. The maximum atomic E-state index is 12.3. The van der Waals surface area contributed by atoms with E-state index in [1.807, 2.05) is 0 Å². The van der Waals surface area contributed by atoms with E-state index in [-0.39, 0.29) is 21.5 Å². The molecule has 21 heavy (non-hydrogen) atoms. The number of rotatable bonds is 4. The van der Waals surface area contributed by atoms with Gasteiger partial charge in [0.15, 0.2) is 0 Å². The number of ether oxygens (including phenoxy) is 2. The Balaban J connectivity index is 2.04. The summed E-state index contributed by atoms with van der Waals surface area (Å²) in [6.07, 6.45) is -3.67. The highest BCUT2D eigenvalue weighted by atomic mass is 35.5. The Morgan fingerprint density at radius 1 is 1.48 bits per heavy atom. The van der Waals surface area contributed by atoms with Crippen LogP contribution in [0.2, 0.25) is 5.02 Å². The normalized spacial score (nSPS) is 19.5. The summed E-state index contributed by atoms with van der Waals surface area (Å²) in [6.45, 7) is 0.205. The van der Waals surface area contributed by atoms with Crippen molar-refractivity contribution >= 4 is 17.3 Å². The number of nitrogens with zero attached hydrogens (tertiary/aromatic N) is 2. The van der Waals surface area contributed by atoms with Crippen LogP contribution in [0, 0.1) is 0 Å². The molecule has 1 aliphatic rings. The molecule has 1 unspecified atom stereocenters. The molecule has 0 aromatic carbocycles. The Hall–Kier alpha value is -1.32. The molecule has 10 heteroatoms. The maximum Gasteiger partial charge on any atom is 0.408 e. The Labute approximate surface area is 122 Å². The molecule has 0 saturated carbocycles. The first-order chi connectivity index (χ1) is 9.87. The molecule has 0 radical (unpaired) electrons. The minimum Gasteiger partial charge on any atom is -0.380 e. The van der Waals surface area contributed by atoms with Crippen molar-refractivity contribution in [2.24, 2.45) is 0 Å². The first-order valence-corrected chi connectivity index (χ1v) is 6.50. The van der Waals surface area contributed by atoms with Crippen LogP contribution in [0.1, 0.15) is 0 Å². The van der Waals surface area contributed by atoms with Crippen molar-refractivity contribution < 1.29 is 22.6 Å². The first-order valence-electron chi connectivity index (χ1n) is 6.12. The molecular weight excluding hydrogens is 315 g/mol. The van der Waals surface area contributed by atoms with Crippen LogP contribution in [0.4, 0.5) is 18.9 Å². The van der Waals surface area contributed by atoms with Gasteiger partial charge in [-0.1, -0.05) is 11.6 Å². The topological polar surface area (TPSA) is 65.4 Å². The quantitative estimate of drug-likeness (QED) is 0.902. The summed E-state index contributed by atoms with van der Waals surface area (Å²) in [5.41, 5.74) is -0.839. The van der Waals surface area contributed by atoms with Crippen LogP contribution in [-0.2, 0) is 16.0 Å². The minimum atomic E-state index is -4.54. The molecular formula is C11H13ClF3N3O3. The van der Waals surface area contributed by atoms with Crippen molar-refractivity contribution in [2.45, 2.75) is 18.8 Å². The van der Waals surface area contributed by atoms with Gasteiger partial charge in [0, 0.05) is 6.54 Å². The maximum absolute atomic E-state index is 12.3. The van der Waals surface area contributed by atoms with Gasteiger partial charge in [0.25, 0.3) is 5.56 Å². The van der Waals surface area contributed by atoms with Crippen molar-refractivity contribution in [3.05, 3.63) is 21.6 Å². The number of alkyl halides is 3. The van der Waals surface area contributed by atoms with Crippen LogP contribution in [0.25, 0.3) is 0 Å². The highest BCUT2D eigenvalue weighted by Gasteiger charge is 2.29. The van der Waals surface area contributed by atoms with Crippen molar-refractivity contribution in [1.29, 1.82) is 0 Å². The monoisotopic (exact) mass is 327 g/mol. The molecule has 2 rings (SSSR count). The number of nitrogens with one attached hydrogen (secondary N) is 1. The van der Waals surface area contributed by atoms with Crippen LogP contribution in [-0.4, -0.2) is 48.4 Å². The van der Waals surface area contributed by atoms with Crippen LogP contribution in [0.3, 0.4) is 0 Å². The summed E-state index contributed by atoms with van der Waals surface area (Å²) < 4.78 is 47.6. The zero-order chi connectivity index (χ0) is 15.5. The SMILES string of the molecule is O=c1c(Cl)c(NCC2COCCO2)cnn1CC(F)(F)F. The number of hydrogen-bond acceptors (Lipinski definition) is 5. The van der Waals surface area contributed by atoms with Crippen molar-refractivity contribution in [3.63, 3.8) is 0 Å². The van der Waals surface area contributed by atoms with Crippen molar-refractivity contribution in [1.82, 2.24) is 9.78 Å². The lowest BCUT2D eigenvalue weighted by Gasteiger charge is -2.23. The van der Waals surface area contributed by atoms with Gasteiger partial charge in [0.05, 0.1) is 37.8 Å². The van der Waals surface area contributed by atoms with Crippen molar-refractivity contribution in [2.75, 3.05) is 31.7 Å². The summed E-state index contributed by atoms with van der Waals surface area (Å²) in [5.74, 6) is 0. The van der Waals surface area contributed by atoms with E-state index in [0.717, 1.165) is 6.20 Å². The Bertz CT molecular complexity index is 544. The van der Waals surface area contributed by atoms with Gasteiger partial charge in [-0.05, 0) is 0 Å². The van der Waals surface area contributed by atoms with E-state index in [0.29, 0.717) is 26.4 Å². The average molecular weight is 328 g/mol. The van der Waals surface area contributed by atoms with E-state index in [2.05, 4.69) is 10.4 Å². The zero-order valence-electron chi connectivity index (χ0n) is 10.8. The van der Waals surface area contributed by atoms with Gasteiger partial charge in [0.1, 0.15) is 11.6 Å². The second-order valence-electron chi connectivity index (χ2n) is 4.40. The summed E-state index contributed by atoms with van der Waals surface area (Å²) >= 11 is 5.77. The standard InChI is InChI=1S/C11H13ClF3N3O3/c12-9-8(16-3-7-5-20-1-2-21-7)4-17-18(10(9)19)6-11(13,14)15/h4,7,16H,1-3,5-6H2. The molecule has 2 heterocycles. The Morgan fingerprint density at radius 2 is 2.24 bits per heavy atom. The van der Waals surface area contributed by atoms with Gasteiger partial charge in [-0.2, -0.15) is 18.3 Å². The van der Waals surface area contributed by atoms with Crippen LogP contribution < -0.4 is 10.9 Å². The molecule has 6 nitrogen and oxygen atoms in total. The second-order valence-corrected chi connectivity index (χ2v) is 4.78. The fourth-order valence-electron chi connectivity index (χ4n) is 1.75. The summed E-state index contributed by atoms with van der Waals surface area (Å²) in [6, 6.07) is 0. The predicted octanol–water partition coefficient (Wildman–Crippen LogP) is 1.29. The lowest BCUT2D eigenvalue weighted by molar-refractivity contribution is -0.143. The third-order valence-corrected chi connectivity index (χ3v) is 3.08. The molecule has 0 bridgehead atoms. The molecule has 0 spiro atoms. The summed E-state index contributed by atoms with van der Waals surface area (Å²) in [7, 11) is 0. The van der Waals surface area contributed by atoms with Gasteiger partial charge < -0.3 is 14.8 Å². The molecule has 1 N–H and O–H groups in total. The number of aromatic nitrogens is 2. The van der Waals surface area contributed by atoms with Gasteiger partial charge in [-0.25, -0.2) is 4.68 Å². The largest absolute Gasteiger partial charge is 0.408 e. The lowest BCUT2D eigenvalue weighted by Crippen LogP contribution is -2.35. The van der Waals surface area contributed by atoms with Gasteiger partial charge in [-0.3, -0.25) is 4.79 Å². The van der Waals surface area contributed by atoms with Crippen LogP contribution in [0.5, 0.6) is 0 Å². The van der Waals surface area contributed by atoms with E-state index in [9.17, 15) is 18.0 Å². The van der Waals surface area contributed by atoms with E-state index < -0.39 is 18.3 Å². The highest BCUT2D eigenvalue weighted by molar-refractivity contribution is 6.32. The number of halogens is 4. The molecule has 1 saturated heterocycles. The average Bonchev–Trinajstić information content (AvgIpc) is 2.43. The highest BCUT2D eigenvalue weighted by Crippen LogP contribution is 2.19. The van der Waals surface area contributed by atoms with Crippen LogP contribution >= 0.6 is 11.6 Å². The lowest BCUT2D eigenvalue weighted by atomic mass is 10.3. The van der Waals surface area contributed by atoms with Gasteiger partial charge >= 0.3 is 6.18 Å². The molecule has 0 amide bonds. The Morgan fingerprint density at radius 3 is 2.86 bits per heavy atom. The van der Waals surface area contributed by atoms with Gasteiger partial charge in [0.2, 0.25) is 0 Å². The van der Waals surface area contributed by atoms with E-state index in [1.165, 1.54) is 0 Å². The fraction of sp³-hybridized carbons (Fsp3) is 0.636. The number of anilines is 1. The van der Waals surface area contributed by atoms with E-state index in [1.54, 1.807) is 0 Å². The smallest absolute Gasteiger partial charge is 0.380 e. The number of hydrogen-bond donors (Lipinski definition) is 1. The molecule has 1 aromatic heterocycles. The van der Waals surface area contributed by atoms with E-state index in [4.69, 9.17) is 21.1 Å². The zero-order valence-corrected chi connectivity index (χ0v) is 11.6. The third-order valence-electron chi connectivity index (χ3n) is 2.72. The summed E-state index contributed by atoms with van der Waals surface area (Å²) in [4.78, 5) is 11.7. The molecule has 0 aliphatic carbocycles. The third kappa shape index (κ3) is 4.58. The molecule has 1 aliphatic heterocycles.